The van der Waals surface area contributed by atoms with Crippen LogP contribution < -0.4 is 5.32 Å². The predicted molar refractivity (Wildman–Crippen MR) is 249 cm³/mol. The Kier molecular flexibility index (Phi) is 9.04. The van der Waals surface area contributed by atoms with Gasteiger partial charge in [0.25, 0.3) is 0 Å². The topological polar surface area (TPSA) is 47.7 Å². The van der Waals surface area contributed by atoms with Gasteiger partial charge in [-0.15, -0.1) is 0 Å². The third kappa shape index (κ3) is 6.30. The number of allylic oxidation sites excluding steroid dienone is 1. The van der Waals surface area contributed by atoms with E-state index in [1.54, 1.807) is 0 Å². The van der Waals surface area contributed by atoms with Crippen LogP contribution in [0.3, 0.4) is 0 Å². The van der Waals surface area contributed by atoms with Crippen molar-refractivity contribution < 1.29 is 0 Å². The quantitative estimate of drug-likeness (QED) is 0.159. The molecule has 3 aromatic heterocycles. The van der Waals surface area contributed by atoms with Crippen LogP contribution in [0, 0.1) is 6.92 Å². The molecule has 10 rings (SSSR count). The number of benzene rings is 7. The predicted octanol–water partition coefficient (Wildman–Crippen LogP) is 14.2. The standard InChI is InChI=1S/C54H41N5/c1-4-16-50-42(5-2)45-20-9-13-24-51(45)59(50)41-34-38(33-39(35-41)56-49-23-12-8-19-44(49)43-18-7-6-17-36(43)3)48-31-32-55-54(57-48)37-27-29-40(30-28-37)58-52-25-14-10-21-46(52)47-22-11-15-26-53(47)58/h4-35,56H,2H2,1,3H3/b16-4-. The molecule has 0 amide bonds. The molecule has 0 aliphatic rings. The van der Waals surface area contributed by atoms with Crippen molar-refractivity contribution in [2.24, 2.45) is 0 Å². The maximum Gasteiger partial charge on any atom is 0.159 e. The average molecular weight is 760 g/mol. The van der Waals surface area contributed by atoms with Crippen LogP contribution in [0.25, 0.3) is 90.0 Å². The summed E-state index contributed by atoms with van der Waals surface area (Å²) < 4.78 is 4.65. The largest absolute Gasteiger partial charge is 0.355 e. The van der Waals surface area contributed by atoms with Gasteiger partial charge in [-0.2, -0.15) is 0 Å². The van der Waals surface area contributed by atoms with E-state index in [1.807, 2.05) is 18.3 Å². The van der Waals surface area contributed by atoms with Gasteiger partial charge < -0.3 is 14.5 Å². The third-order valence-corrected chi connectivity index (χ3v) is 11.2. The maximum atomic E-state index is 5.22. The van der Waals surface area contributed by atoms with Crippen molar-refractivity contribution in [3.63, 3.8) is 0 Å². The van der Waals surface area contributed by atoms with E-state index in [1.165, 1.54) is 32.9 Å². The van der Waals surface area contributed by atoms with Crippen LogP contribution in [0.4, 0.5) is 11.4 Å². The molecule has 0 aliphatic carbocycles. The van der Waals surface area contributed by atoms with Gasteiger partial charge in [-0.3, -0.25) is 0 Å². The Morgan fingerprint density at radius 1 is 0.576 bits per heavy atom. The number of fused-ring (bicyclic) bond motifs is 4. The first-order chi connectivity index (χ1) is 29.1. The van der Waals surface area contributed by atoms with Crippen molar-refractivity contribution in [1.82, 2.24) is 19.1 Å². The summed E-state index contributed by atoms with van der Waals surface area (Å²) in [6, 6.07) is 59.9. The summed E-state index contributed by atoms with van der Waals surface area (Å²) in [5.74, 6) is 0.663. The number of aromatic nitrogens is 4. The van der Waals surface area contributed by atoms with E-state index in [4.69, 9.17) is 9.97 Å². The molecular weight excluding hydrogens is 719 g/mol. The van der Waals surface area contributed by atoms with Gasteiger partial charge in [0.2, 0.25) is 0 Å². The molecule has 282 valence electrons. The highest BCUT2D eigenvalue weighted by Crippen LogP contribution is 2.38. The van der Waals surface area contributed by atoms with Crippen LogP contribution in [0.2, 0.25) is 0 Å². The molecule has 5 heteroatoms. The zero-order valence-electron chi connectivity index (χ0n) is 33.0. The highest BCUT2D eigenvalue weighted by Gasteiger charge is 2.18. The van der Waals surface area contributed by atoms with Crippen LogP contribution in [-0.4, -0.2) is 19.1 Å². The van der Waals surface area contributed by atoms with E-state index in [-0.39, 0.29) is 0 Å². The molecule has 0 saturated carbocycles. The van der Waals surface area contributed by atoms with E-state index in [0.717, 1.165) is 67.3 Å². The molecule has 0 saturated heterocycles. The Morgan fingerprint density at radius 2 is 1.20 bits per heavy atom. The van der Waals surface area contributed by atoms with Gasteiger partial charge in [-0.05, 0) is 104 Å². The number of nitrogens with zero attached hydrogens (tertiary/aromatic N) is 4. The maximum absolute atomic E-state index is 5.22. The van der Waals surface area contributed by atoms with Gasteiger partial charge in [0.15, 0.2) is 5.82 Å². The summed E-state index contributed by atoms with van der Waals surface area (Å²) in [7, 11) is 0. The second-order valence-corrected chi connectivity index (χ2v) is 14.8. The summed E-state index contributed by atoms with van der Waals surface area (Å²) >= 11 is 0. The molecule has 59 heavy (non-hydrogen) atoms. The van der Waals surface area contributed by atoms with Crippen molar-refractivity contribution in [2.75, 3.05) is 5.32 Å². The van der Waals surface area contributed by atoms with E-state index < -0.39 is 0 Å². The smallest absolute Gasteiger partial charge is 0.159 e. The molecule has 0 radical (unpaired) electrons. The Labute approximate surface area is 343 Å². The molecule has 10 aromatic rings. The summed E-state index contributed by atoms with van der Waals surface area (Å²) in [4.78, 5) is 10.0. The molecule has 1 N–H and O–H groups in total. The summed E-state index contributed by atoms with van der Waals surface area (Å²) in [6.07, 6.45) is 8.06. The first-order valence-electron chi connectivity index (χ1n) is 20.0. The number of hydrogen-bond acceptors (Lipinski definition) is 3. The van der Waals surface area contributed by atoms with Crippen LogP contribution >= 0.6 is 0 Å². The number of anilines is 2. The minimum Gasteiger partial charge on any atom is -0.355 e. The number of aryl methyl sites for hydroxylation is 1. The van der Waals surface area contributed by atoms with Crippen LogP contribution in [0.5, 0.6) is 0 Å². The van der Waals surface area contributed by atoms with Gasteiger partial charge in [-0.25, -0.2) is 9.97 Å². The lowest BCUT2D eigenvalue weighted by atomic mass is 9.99. The Hall–Kier alpha value is -7.76. The molecule has 0 fully saturated rings. The van der Waals surface area contributed by atoms with Crippen molar-refractivity contribution in [3.8, 4) is 45.1 Å². The van der Waals surface area contributed by atoms with E-state index >= 15 is 0 Å². The van der Waals surface area contributed by atoms with Crippen LogP contribution in [-0.2, 0) is 0 Å². The van der Waals surface area contributed by atoms with Crippen molar-refractivity contribution in [3.05, 3.63) is 206 Å². The Morgan fingerprint density at radius 3 is 1.90 bits per heavy atom. The summed E-state index contributed by atoms with van der Waals surface area (Å²) in [6.45, 7) is 8.44. The lowest BCUT2D eigenvalue weighted by molar-refractivity contribution is 1.10. The SMILES string of the molecule is C=Cc1c(/C=C\C)n(-c2cc(Nc3ccccc3-c3ccccc3C)cc(-c3ccnc(-c4ccc(-n5c6ccccc6c6ccccc65)cc4)n3)c2)c2ccccc12. The van der Waals surface area contributed by atoms with Gasteiger partial charge in [-0.1, -0.05) is 116 Å². The normalized spacial score (nSPS) is 11.6. The molecule has 7 aromatic carbocycles. The first kappa shape index (κ1) is 35.6. The Balaban J connectivity index is 1.10. The van der Waals surface area contributed by atoms with Crippen molar-refractivity contribution in [2.45, 2.75) is 13.8 Å². The fourth-order valence-corrected chi connectivity index (χ4v) is 8.54. The van der Waals surface area contributed by atoms with Gasteiger partial charge in [0.05, 0.1) is 27.9 Å². The summed E-state index contributed by atoms with van der Waals surface area (Å²) in [5.41, 5.74) is 16.0. The van der Waals surface area contributed by atoms with Gasteiger partial charge >= 0.3 is 0 Å². The number of hydrogen-bond donors (Lipinski definition) is 1. The number of rotatable bonds is 9. The van der Waals surface area contributed by atoms with E-state index in [2.05, 4.69) is 211 Å². The Bertz CT molecular complexity index is 3180. The third-order valence-electron chi connectivity index (χ3n) is 11.2. The minimum absolute atomic E-state index is 0.663. The van der Waals surface area contributed by atoms with Crippen LogP contribution in [0.15, 0.2) is 189 Å². The summed E-state index contributed by atoms with van der Waals surface area (Å²) in [5, 5.41) is 7.46. The monoisotopic (exact) mass is 759 g/mol. The fourth-order valence-electron chi connectivity index (χ4n) is 8.54. The molecule has 0 aliphatic heterocycles. The van der Waals surface area contributed by atoms with Gasteiger partial charge in [0, 0.05) is 67.4 Å². The number of para-hydroxylation sites is 4. The average Bonchev–Trinajstić information content (AvgIpc) is 3.79. The molecule has 0 unspecified atom stereocenters. The molecule has 0 bridgehead atoms. The van der Waals surface area contributed by atoms with Crippen LogP contribution in [0.1, 0.15) is 23.7 Å². The second-order valence-electron chi connectivity index (χ2n) is 14.8. The van der Waals surface area contributed by atoms with Crippen molar-refractivity contribution in [1.29, 1.82) is 0 Å². The highest BCUT2D eigenvalue weighted by molar-refractivity contribution is 6.09. The molecule has 0 atom stereocenters. The molecule has 0 spiro atoms. The lowest BCUT2D eigenvalue weighted by Crippen LogP contribution is -2.01. The zero-order chi connectivity index (χ0) is 39.9. The first-order valence-corrected chi connectivity index (χ1v) is 20.0. The fraction of sp³-hybridized carbons (Fsp3) is 0.0370. The van der Waals surface area contributed by atoms with Gasteiger partial charge in [0.1, 0.15) is 0 Å². The second kappa shape index (κ2) is 15.0. The molecular formula is C54H41N5. The highest BCUT2D eigenvalue weighted by atomic mass is 15.0. The minimum atomic E-state index is 0.663. The number of nitrogens with one attached hydrogen (secondary N) is 1. The lowest BCUT2D eigenvalue weighted by Gasteiger charge is -2.18. The van der Waals surface area contributed by atoms with Crippen molar-refractivity contribution >= 4 is 56.2 Å². The van der Waals surface area contributed by atoms with E-state index in [9.17, 15) is 0 Å². The molecule has 5 nitrogen and oxygen atoms in total. The molecule has 3 heterocycles. The zero-order valence-corrected chi connectivity index (χ0v) is 33.0. The van der Waals surface area contributed by atoms with E-state index in [0.29, 0.717) is 5.82 Å².